The first-order chi connectivity index (χ1) is 11.0. The second-order valence-electron chi connectivity index (χ2n) is 5.24. The maximum absolute atomic E-state index is 12.5. The summed E-state index contributed by atoms with van der Waals surface area (Å²) in [6.45, 7) is 5.35. The van der Waals surface area contributed by atoms with E-state index < -0.39 is 0 Å². The SMILES string of the molecule is CCOC(=O)N1CCN(C(=O)c2cccc(NC(C)=O)c2)CC1. The molecule has 3 amide bonds. The molecule has 0 aliphatic carbocycles. The van der Waals surface area contributed by atoms with Crippen LogP contribution in [0, 0.1) is 0 Å². The van der Waals surface area contributed by atoms with E-state index in [2.05, 4.69) is 5.32 Å². The smallest absolute Gasteiger partial charge is 0.409 e. The molecule has 1 aliphatic rings. The first kappa shape index (κ1) is 16.8. The predicted molar refractivity (Wildman–Crippen MR) is 85.2 cm³/mol. The Balaban J connectivity index is 1.97. The minimum absolute atomic E-state index is 0.110. The molecule has 0 atom stereocenters. The van der Waals surface area contributed by atoms with Gasteiger partial charge < -0.3 is 19.9 Å². The number of hydrogen-bond donors (Lipinski definition) is 1. The molecule has 1 aromatic rings. The van der Waals surface area contributed by atoms with Gasteiger partial charge in [0.15, 0.2) is 0 Å². The quantitative estimate of drug-likeness (QED) is 0.917. The molecule has 124 valence electrons. The number of hydrogen-bond acceptors (Lipinski definition) is 4. The second kappa shape index (κ2) is 7.62. The average molecular weight is 319 g/mol. The molecule has 23 heavy (non-hydrogen) atoms. The molecule has 2 rings (SSSR count). The van der Waals surface area contributed by atoms with Gasteiger partial charge in [-0.05, 0) is 25.1 Å². The first-order valence-electron chi connectivity index (χ1n) is 7.60. The zero-order valence-electron chi connectivity index (χ0n) is 13.4. The maximum atomic E-state index is 12.5. The van der Waals surface area contributed by atoms with Crippen molar-refractivity contribution in [3.8, 4) is 0 Å². The lowest BCUT2D eigenvalue weighted by Gasteiger charge is -2.34. The van der Waals surface area contributed by atoms with E-state index in [0.29, 0.717) is 44.0 Å². The van der Waals surface area contributed by atoms with Crippen LogP contribution in [0.25, 0.3) is 0 Å². The molecule has 0 spiro atoms. The van der Waals surface area contributed by atoms with E-state index in [4.69, 9.17) is 4.74 Å². The number of nitrogens with one attached hydrogen (secondary N) is 1. The summed E-state index contributed by atoms with van der Waals surface area (Å²) in [5.41, 5.74) is 1.11. The molecule has 1 saturated heterocycles. The minimum Gasteiger partial charge on any atom is -0.450 e. The third kappa shape index (κ3) is 4.45. The van der Waals surface area contributed by atoms with Crippen LogP contribution < -0.4 is 5.32 Å². The number of amides is 3. The van der Waals surface area contributed by atoms with Gasteiger partial charge in [-0.25, -0.2) is 4.79 Å². The van der Waals surface area contributed by atoms with Crippen LogP contribution in [0.15, 0.2) is 24.3 Å². The number of ether oxygens (including phenoxy) is 1. The highest BCUT2D eigenvalue weighted by Gasteiger charge is 2.25. The Labute approximate surface area is 135 Å². The van der Waals surface area contributed by atoms with Crippen molar-refractivity contribution in [2.24, 2.45) is 0 Å². The van der Waals surface area contributed by atoms with E-state index in [0.717, 1.165) is 0 Å². The van der Waals surface area contributed by atoms with Crippen molar-refractivity contribution < 1.29 is 19.1 Å². The molecule has 0 aromatic heterocycles. The van der Waals surface area contributed by atoms with Crippen LogP contribution in [0.4, 0.5) is 10.5 Å². The third-order valence-electron chi connectivity index (χ3n) is 3.52. The van der Waals surface area contributed by atoms with Crippen LogP contribution >= 0.6 is 0 Å². The lowest BCUT2D eigenvalue weighted by molar-refractivity contribution is -0.114. The van der Waals surface area contributed by atoms with Gasteiger partial charge in [-0.15, -0.1) is 0 Å². The highest BCUT2D eigenvalue weighted by atomic mass is 16.6. The molecule has 0 radical (unpaired) electrons. The van der Waals surface area contributed by atoms with Crippen LogP contribution in [-0.4, -0.2) is 60.5 Å². The zero-order chi connectivity index (χ0) is 16.8. The lowest BCUT2D eigenvalue weighted by atomic mass is 10.1. The summed E-state index contributed by atoms with van der Waals surface area (Å²) in [6, 6.07) is 6.83. The van der Waals surface area contributed by atoms with Gasteiger partial charge >= 0.3 is 6.09 Å². The molecule has 0 unspecified atom stereocenters. The van der Waals surface area contributed by atoms with E-state index in [1.54, 1.807) is 41.0 Å². The Hall–Kier alpha value is -2.57. The Morgan fingerprint density at radius 1 is 1.13 bits per heavy atom. The fourth-order valence-electron chi connectivity index (χ4n) is 2.42. The zero-order valence-corrected chi connectivity index (χ0v) is 13.4. The van der Waals surface area contributed by atoms with Gasteiger partial charge in [0.05, 0.1) is 6.61 Å². The third-order valence-corrected chi connectivity index (χ3v) is 3.52. The van der Waals surface area contributed by atoms with Gasteiger partial charge in [0.2, 0.25) is 5.91 Å². The number of rotatable bonds is 3. The van der Waals surface area contributed by atoms with Crippen molar-refractivity contribution in [3.63, 3.8) is 0 Å². The normalized spacial score (nSPS) is 14.3. The molecule has 0 saturated carbocycles. The Morgan fingerprint density at radius 2 is 1.78 bits per heavy atom. The van der Waals surface area contributed by atoms with Crippen LogP contribution in [0.3, 0.4) is 0 Å². The minimum atomic E-state index is -0.341. The molecule has 1 fully saturated rings. The van der Waals surface area contributed by atoms with Gasteiger partial charge in [0, 0.05) is 44.4 Å². The van der Waals surface area contributed by atoms with Crippen LogP contribution in [0.5, 0.6) is 0 Å². The summed E-state index contributed by atoms with van der Waals surface area (Å²) in [5, 5.41) is 2.66. The molecule has 7 heteroatoms. The van der Waals surface area contributed by atoms with E-state index in [-0.39, 0.29) is 17.9 Å². The Kier molecular flexibility index (Phi) is 5.56. The van der Waals surface area contributed by atoms with E-state index in [1.807, 2.05) is 0 Å². The van der Waals surface area contributed by atoms with Crippen LogP contribution in [-0.2, 0) is 9.53 Å². The molecule has 1 aliphatic heterocycles. The molecule has 7 nitrogen and oxygen atoms in total. The molecule has 1 heterocycles. The fraction of sp³-hybridized carbons (Fsp3) is 0.438. The van der Waals surface area contributed by atoms with Crippen molar-refractivity contribution in [3.05, 3.63) is 29.8 Å². The fourth-order valence-corrected chi connectivity index (χ4v) is 2.42. The predicted octanol–water partition coefficient (Wildman–Crippen LogP) is 1.56. The summed E-state index contributed by atoms with van der Waals surface area (Å²) in [4.78, 5) is 38.6. The molecule has 1 N–H and O–H groups in total. The van der Waals surface area contributed by atoms with Crippen molar-refractivity contribution >= 4 is 23.6 Å². The molecular weight excluding hydrogens is 298 g/mol. The van der Waals surface area contributed by atoms with Gasteiger partial charge in [0.25, 0.3) is 5.91 Å². The van der Waals surface area contributed by atoms with Crippen molar-refractivity contribution in [1.29, 1.82) is 0 Å². The van der Waals surface area contributed by atoms with Gasteiger partial charge in [-0.3, -0.25) is 9.59 Å². The number of piperazine rings is 1. The molecular formula is C16H21N3O4. The summed E-state index contributed by atoms with van der Waals surface area (Å²) in [6.07, 6.45) is -0.341. The average Bonchev–Trinajstić information content (AvgIpc) is 2.54. The summed E-state index contributed by atoms with van der Waals surface area (Å²) < 4.78 is 4.96. The largest absolute Gasteiger partial charge is 0.450 e. The van der Waals surface area contributed by atoms with Gasteiger partial charge in [0.1, 0.15) is 0 Å². The monoisotopic (exact) mass is 319 g/mol. The van der Waals surface area contributed by atoms with Crippen LogP contribution in [0.1, 0.15) is 24.2 Å². The van der Waals surface area contributed by atoms with E-state index >= 15 is 0 Å². The maximum Gasteiger partial charge on any atom is 0.409 e. The number of anilines is 1. The van der Waals surface area contributed by atoms with Gasteiger partial charge in [-0.1, -0.05) is 6.07 Å². The number of carbonyl (C=O) groups is 3. The number of carbonyl (C=O) groups excluding carboxylic acids is 3. The number of nitrogens with zero attached hydrogens (tertiary/aromatic N) is 2. The second-order valence-corrected chi connectivity index (χ2v) is 5.24. The Morgan fingerprint density at radius 3 is 2.39 bits per heavy atom. The topological polar surface area (TPSA) is 79.0 Å². The lowest BCUT2D eigenvalue weighted by Crippen LogP contribution is -2.50. The summed E-state index contributed by atoms with van der Waals surface area (Å²) >= 11 is 0. The summed E-state index contributed by atoms with van der Waals surface area (Å²) in [5.74, 6) is -0.293. The van der Waals surface area contributed by atoms with Crippen molar-refractivity contribution in [2.75, 3.05) is 38.1 Å². The van der Waals surface area contributed by atoms with Crippen molar-refractivity contribution in [2.45, 2.75) is 13.8 Å². The number of benzene rings is 1. The standard InChI is InChI=1S/C16H21N3O4/c1-3-23-16(22)19-9-7-18(8-10-19)15(21)13-5-4-6-14(11-13)17-12(2)20/h4-6,11H,3,7-10H2,1-2H3,(H,17,20). The molecule has 0 bridgehead atoms. The summed E-state index contributed by atoms with van der Waals surface area (Å²) in [7, 11) is 0. The molecule has 1 aromatic carbocycles. The highest BCUT2D eigenvalue weighted by Crippen LogP contribution is 2.14. The highest BCUT2D eigenvalue weighted by molar-refractivity contribution is 5.97. The van der Waals surface area contributed by atoms with Gasteiger partial charge in [-0.2, -0.15) is 0 Å². The van der Waals surface area contributed by atoms with Crippen molar-refractivity contribution in [1.82, 2.24) is 9.80 Å². The Bertz CT molecular complexity index is 595. The van der Waals surface area contributed by atoms with E-state index in [1.165, 1.54) is 6.92 Å². The first-order valence-corrected chi connectivity index (χ1v) is 7.60. The van der Waals surface area contributed by atoms with E-state index in [9.17, 15) is 14.4 Å². The van der Waals surface area contributed by atoms with Crippen LogP contribution in [0.2, 0.25) is 0 Å².